The van der Waals surface area contributed by atoms with Gasteiger partial charge in [-0.1, -0.05) is 0 Å². The quantitative estimate of drug-likeness (QED) is 0.600. The fourth-order valence-electron chi connectivity index (χ4n) is 4.27. The van der Waals surface area contributed by atoms with E-state index in [1.165, 1.54) is 7.11 Å². The molecule has 3 fully saturated rings. The number of ether oxygens (including phenoxy) is 2. The van der Waals surface area contributed by atoms with E-state index in [-0.39, 0.29) is 42.6 Å². The second-order valence-corrected chi connectivity index (χ2v) is 7.45. The van der Waals surface area contributed by atoms with Gasteiger partial charge < -0.3 is 19.3 Å². The predicted octanol–water partition coefficient (Wildman–Crippen LogP) is 0.0902. The lowest BCUT2D eigenvalue weighted by atomic mass is 9.81. The van der Waals surface area contributed by atoms with Gasteiger partial charge >= 0.3 is 5.97 Å². The Balaban J connectivity index is 0.00000150. The number of anilines is 1. The van der Waals surface area contributed by atoms with Crippen molar-refractivity contribution in [3.63, 3.8) is 0 Å². The summed E-state index contributed by atoms with van der Waals surface area (Å²) in [7, 11) is 1.40. The summed E-state index contributed by atoms with van der Waals surface area (Å²) in [6.07, 6.45) is 3.48. The number of aromatic nitrogens is 2. The SMILES string of the molecule is COC(=O)[C@@]12COC[C@@H]1CN(C(=O)CN1CCN(c3ncccn3)CC1)C2.Cl.Cl. The average molecular weight is 448 g/mol. The summed E-state index contributed by atoms with van der Waals surface area (Å²) >= 11 is 0. The van der Waals surface area contributed by atoms with E-state index in [4.69, 9.17) is 9.47 Å². The summed E-state index contributed by atoms with van der Waals surface area (Å²) in [4.78, 5) is 39.7. The summed E-state index contributed by atoms with van der Waals surface area (Å²) in [5.41, 5.74) is -0.687. The van der Waals surface area contributed by atoms with Gasteiger partial charge in [0.05, 0.1) is 26.9 Å². The van der Waals surface area contributed by atoms with Crippen molar-refractivity contribution in [2.75, 3.05) is 71.0 Å². The third-order valence-corrected chi connectivity index (χ3v) is 5.88. The van der Waals surface area contributed by atoms with Crippen molar-refractivity contribution < 1.29 is 19.1 Å². The maximum atomic E-state index is 12.8. The third kappa shape index (κ3) is 4.58. The Hall–Kier alpha value is -1.68. The number of nitrogens with zero attached hydrogens (tertiary/aromatic N) is 5. The van der Waals surface area contributed by atoms with Crippen LogP contribution < -0.4 is 4.90 Å². The number of piperazine rings is 1. The first-order chi connectivity index (χ1) is 13.1. The number of methoxy groups -OCH3 is 1. The molecular formula is C18H27Cl2N5O4. The highest BCUT2D eigenvalue weighted by molar-refractivity contribution is 5.85. The highest BCUT2D eigenvalue weighted by Gasteiger charge is 2.57. The van der Waals surface area contributed by atoms with Gasteiger partial charge in [-0.05, 0) is 6.07 Å². The van der Waals surface area contributed by atoms with Crippen molar-refractivity contribution in [1.82, 2.24) is 19.8 Å². The summed E-state index contributed by atoms with van der Waals surface area (Å²) < 4.78 is 10.5. The van der Waals surface area contributed by atoms with E-state index >= 15 is 0 Å². The van der Waals surface area contributed by atoms with Gasteiger partial charge in [-0.25, -0.2) is 9.97 Å². The van der Waals surface area contributed by atoms with E-state index in [2.05, 4.69) is 19.8 Å². The first kappa shape index (κ1) is 23.6. The maximum Gasteiger partial charge on any atom is 0.316 e. The summed E-state index contributed by atoms with van der Waals surface area (Å²) in [5.74, 6) is 0.561. The van der Waals surface area contributed by atoms with Gasteiger partial charge in [0, 0.05) is 57.6 Å². The van der Waals surface area contributed by atoms with Gasteiger partial charge in [0.1, 0.15) is 5.41 Å². The second kappa shape index (κ2) is 9.88. The molecule has 0 unspecified atom stereocenters. The van der Waals surface area contributed by atoms with Crippen LogP contribution in [0.1, 0.15) is 0 Å². The molecule has 3 saturated heterocycles. The van der Waals surface area contributed by atoms with E-state index in [0.29, 0.717) is 32.8 Å². The minimum absolute atomic E-state index is 0. The Morgan fingerprint density at radius 1 is 1.21 bits per heavy atom. The molecule has 162 valence electrons. The standard InChI is InChI=1S/C18H25N5O4.2ClH/c1-26-16(25)18-12-23(9-14(18)11-27-13-18)15(24)10-21-5-7-22(8-6-21)17-19-3-2-4-20-17;;/h2-4,14H,5-13H2,1H3;2*1H/t14-,18-;;/m0../s1. The molecule has 3 aliphatic rings. The Kier molecular flexibility index (Phi) is 8.04. The van der Waals surface area contributed by atoms with E-state index in [1.807, 2.05) is 0 Å². The van der Waals surface area contributed by atoms with Crippen LogP contribution in [0.5, 0.6) is 0 Å². The van der Waals surface area contributed by atoms with Gasteiger partial charge in [0.25, 0.3) is 0 Å². The molecule has 29 heavy (non-hydrogen) atoms. The van der Waals surface area contributed by atoms with Crippen LogP contribution in [-0.2, 0) is 19.1 Å². The van der Waals surface area contributed by atoms with Gasteiger partial charge in [-0.15, -0.1) is 24.8 Å². The molecule has 2 atom stereocenters. The number of esters is 1. The lowest BCUT2D eigenvalue weighted by Crippen LogP contribution is -2.50. The van der Waals surface area contributed by atoms with Crippen LogP contribution in [0.25, 0.3) is 0 Å². The average Bonchev–Trinajstić information content (AvgIpc) is 3.27. The largest absolute Gasteiger partial charge is 0.468 e. The lowest BCUT2D eigenvalue weighted by Gasteiger charge is -2.35. The number of hydrogen-bond acceptors (Lipinski definition) is 8. The van der Waals surface area contributed by atoms with Crippen LogP contribution >= 0.6 is 24.8 Å². The van der Waals surface area contributed by atoms with Crippen LogP contribution in [0, 0.1) is 11.3 Å². The van der Waals surface area contributed by atoms with E-state index < -0.39 is 5.41 Å². The van der Waals surface area contributed by atoms with Crippen LogP contribution in [0.2, 0.25) is 0 Å². The monoisotopic (exact) mass is 447 g/mol. The molecule has 4 heterocycles. The number of carbonyl (C=O) groups is 2. The Labute approximate surface area is 182 Å². The van der Waals surface area contributed by atoms with Crippen LogP contribution in [0.15, 0.2) is 18.5 Å². The molecular weight excluding hydrogens is 421 g/mol. The molecule has 0 bridgehead atoms. The first-order valence-corrected chi connectivity index (χ1v) is 9.30. The number of fused-ring (bicyclic) bond motifs is 1. The molecule has 0 aliphatic carbocycles. The fraction of sp³-hybridized carbons (Fsp3) is 0.667. The number of carbonyl (C=O) groups excluding carboxylic acids is 2. The summed E-state index contributed by atoms with van der Waals surface area (Å²) in [5, 5.41) is 0. The molecule has 4 rings (SSSR count). The molecule has 1 aromatic rings. The zero-order valence-corrected chi connectivity index (χ0v) is 18.0. The van der Waals surface area contributed by atoms with E-state index in [9.17, 15) is 9.59 Å². The summed E-state index contributed by atoms with van der Waals surface area (Å²) in [6, 6.07) is 1.80. The van der Waals surface area contributed by atoms with Crippen molar-refractivity contribution in [2.24, 2.45) is 11.3 Å². The minimum Gasteiger partial charge on any atom is -0.468 e. The predicted molar refractivity (Wildman–Crippen MR) is 111 cm³/mol. The number of amides is 1. The number of halogens is 2. The Morgan fingerprint density at radius 3 is 2.55 bits per heavy atom. The maximum absolute atomic E-state index is 12.8. The number of hydrogen-bond donors (Lipinski definition) is 0. The zero-order chi connectivity index (χ0) is 18.9. The number of rotatable bonds is 4. The summed E-state index contributed by atoms with van der Waals surface area (Å²) in [6.45, 7) is 5.32. The molecule has 0 saturated carbocycles. The molecule has 11 heteroatoms. The normalized spacial score (nSPS) is 26.3. The van der Waals surface area contributed by atoms with Crippen LogP contribution in [-0.4, -0.2) is 97.8 Å². The fourth-order valence-corrected chi connectivity index (χ4v) is 4.27. The van der Waals surface area contributed by atoms with Crippen molar-refractivity contribution in [1.29, 1.82) is 0 Å². The second-order valence-electron chi connectivity index (χ2n) is 7.45. The van der Waals surface area contributed by atoms with E-state index in [0.717, 1.165) is 32.1 Å². The molecule has 0 N–H and O–H groups in total. The van der Waals surface area contributed by atoms with Crippen molar-refractivity contribution in [3.8, 4) is 0 Å². The van der Waals surface area contributed by atoms with Gasteiger partial charge in [0.15, 0.2) is 0 Å². The molecule has 0 spiro atoms. The molecule has 0 aromatic carbocycles. The highest BCUT2D eigenvalue weighted by atomic mass is 35.5. The van der Waals surface area contributed by atoms with Crippen LogP contribution in [0.4, 0.5) is 5.95 Å². The smallest absolute Gasteiger partial charge is 0.316 e. The Morgan fingerprint density at radius 2 is 1.90 bits per heavy atom. The van der Waals surface area contributed by atoms with Gasteiger partial charge in [-0.2, -0.15) is 0 Å². The topological polar surface area (TPSA) is 88.1 Å². The Bertz CT molecular complexity index is 705. The molecule has 1 aromatic heterocycles. The molecule has 3 aliphatic heterocycles. The van der Waals surface area contributed by atoms with Crippen molar-refractivity contribution in [2.45, 2.75) is 0 Å². The molecule has 9 nitrogen and oxygen atoms in total. The third-order valence-electron chi connectivity index (χ3n) is 5.88. The number of likely N-dealkylation sites (tertiary alicyclic amines) is 1. The van der Waals surface area contributed by atoms with Crippen molar-refractivity contribution >= 4 is 42.6 Å². The lowest BCUT2D eigenvalue weighted by molar-refractivity contribution is -0.153. The van der Waals surface area contributed by atoms with Gasteiger partial charge in [0.2, 0.25) is 11.9 Å². The first-order valence-electron chi connectivity index (χ1n) is 9.30. The molecule has 0 radical (unpaired) electrons. The van der Waals surface area contributed by atoms with Crippen LogP contribution in [0.3, 0.4) is 0 Å². The zero-order valence-electron chi connectivity index (χ0n) is 16.4. The van der Waals surface area contributed by atoms with Gasteiger partial charge in [-0.3, -0.25) is 14.5 Å². The highest BCUT2D eigenvalue weighted by Crippen LogP contribution is 2.42. The molecule has 1 amide bonds. The van der Waals surface area contributed by atoms with Crippen molar-refractivity contribution in [3.05, 3.63) is 18.5 Å². The minimum atomic E-state index is -0.687. The van der Waals surface area contributed by atoms with E-state index in [1.54, 1.807) is 23.4 Å².